The molecular weight excluding hydrogens is 460 g/mol. The number of hydrogen-bond acceptors (Lipinski definition) is 10. The lowest BCUT2D eigenvalue weighted by atomic mass is 9.92. The van der Waals surface area contributed by atoms with E-state index in [0.717, 1.165) is 11.3 Å². The van der Waals surface area contributed by atoms with Crippen LogP contribution in [0.1, 0.15) is 12.1 Å². The highest BCUT2D eigenvalue weighted by Gasteiger charge is 2.52. The van der Waals surface area contributed by atoms with Crippen molar-refractivity contribution in [2.45, 2.75) is 11.8 Å². The molecule has 2 aliphatic rings. The number of rotatable bonds is 10. The number of carboxylic acid groups (broad SMARTS) is 2. The maximum atomic E-state index is 12.6. The van der Waals surface area contributed by atoms with Gasteiger partial charge < -0.3 is 20.8 Å². The molecule has 11 nitrogen and oxygen atoms in total. The largest absolute Gasteiger partial charge is 0.479 e. The number of β-lactam (4-membered cyclic amide) rings is 1. The molecule has 1 aromatic heterocycles. The average molecular weight is 479 g/mol. The number of anilines is 1. The molecule has 0 aliphatic carbocycles. The molecular formula is C19H18N4O7S2. The number of nitrogen functional groups attached to an aromatic ring is 1. The Morgan fingerprint density at radius 3 is 2.75 bits per heavy atom. The van der Waals surface area contributed by atoms with Gasteiger partial charge in [-0.05, 0) is 18.1 Å². The van der Waals surface area contributed by atoms with Gasteiger partial charge in [-0.15, -0.1) is 23.1 Å². The number of aliphatic carboxylic acids is 2. The van der Waals surface area contributed by atoms with Gasteiger partial charge in [0.15, 0.2) is 10.8 Å². The number of amides is 1. The molecule has 0 spiro atoms. The lowest BCUT2D eigenvalue weighted by Crippen LogP contribution is -2.61. The smallest absolute Gasteiger partial charge is 0.352 e. The highest BCUT2D eigenvalue weighted by atomic mass is 32.2. The molecule has 2 aliphatic heterocycles. The van der Waals surface area contributed by atoms with E-state index < -0.39 is 30.2 Å². The third kappa shape index (κ3) is 4.73. The summed E-state index contributed by atoms with van der Waals surface area (Å²) in [6.45, 7) is 2.86. The van der Waals surface area contributed by atoms with Crippen LogP contribution in [0.25, 0.3) is 0 Å². The molecule has 2 atom stereocenters. The summed E-state index contributed by atoms with van der Waals surface area (Å²) >= 11 is 2.50. The minimum atomic E-state index is -1.26. The number of allylic oxidation sites excluding steroid dienone is 3. The molecule has 2 unspecified atom stereocenters. The van der Waals surface area contributed by atoms with Gasteiger partial charge in [-0.25, -0.2) is 14.6 Å². The Labute approximate surface area is 189 Å². The molecule has 0 bridgehead atoms. The van der Waals surface area contributed by atoms with Gasteiger partial charge in [-0.2, -0.15) is 0 Å². The zero-order valence-electron chi connectivity index (χ0n) is 16.5. The first kappa shape index (κ1) is 23.2. The Morgan fingerprint density at radius 1 is 1.41 bits per heavy atom. The molecule has 3 rings (SSSR count). The fraction of sp³-hybridized carbons (Fsp3) is 0.263. The summed E-state index contributed by atoms with van der Waals surface area (Å²) in [6, 6.07) is 0. The van der Waals surface area contributed by atoms with E-state index >= 15 is 0 Å². The fourth-order valence-electron chi connectivity index (χ4n) is 3.13. The molecule has 0 saturated carbocycles. The summed E-state index contributed by atoms with van der Waals surface area (Å²) in [5, 5.41) is 23.0. The highest BCUT2D eigenvalue weighted by Crippen LogP contribution is 2.45. The first-order valence-electron chi connectivity index (χ1n) is 9.12. The number of carboxylic acids is 2. The topological polar surface area (TPSA) is 172 Å². The van der Waals surface area contributed by atoms with E-state index in [4.69, 9.17) is 10.8 Å². The zero-order valence-corrected chi connectivity index (χ0v) is 18.1. The number of fused-ring (bicyclic) bond motifs is 1. The summed E-state index contributed by atoms with van der Waals surface area (Å²) in [7, 11) is 0. The van der Waals surface area contributed by atoms with E-state index in [1.54, 1.807) is 0 Å². The van der Waals surface area contributed by atoms with E-state index in [2.05, 4.69) is 21.6 Å². The molecule has 0 radical (unpaired) electrons. The van der Waals surface area contributed by atoms with Crippen LogP contribution in [-0.4, -0.2) is 67.2 Å². The van der Waals surface area contributed by atoms with Gasteiger partial charge in [0.1, 0.15) is 11.4 Å². The SMILES string of the molecule is C=CC1=C(C(=O)O)N2C(=O)C(C/C=C/C(=O)/C(=N\OCC(=O)O)c3csc(N)n3)C2SC1. The monoisotopic (exact) mass is 478 g/mol. The lowest BCUT2D eigenvalue weighted by molar-refractivity contribution is -0.152. The molecule has 32 heavy (non-hydrogen) atoms. The number of nitrogens with zero attached hydrogens (tertiary/aromatic N) is 3. The number of thiazole rings is 1. The molecule has 0 aromatic carbocycles. The van der Waals surface area contributed by atoms with Gasteiger partial charge in [-0.1, -0.05) is 23.9 Å². The third-order valence-electron chi connectivity index (χ3n) is 4.56. The Morgan fingerprint density at radius 2 is 2.16 bits per heavy atom. The van der Waals surface area contributed by atoms with Crippen LogP contribution in [0.4, 0.5) is 5.13 Å². The van der Waals surface area contributed by atoms with Crippen molar-refractivity contribution < 1.29 is 34.2 Å². The second-order valence-corrected chi connectivity index (χ2v) is 8.57. The van der Waals surface area contributed by atoms with Crippen LogP contribution in [0.3, 0.4) is 0 Å². The highest BCUT2D eigenvalue weighted by molar-refractivity contribution is 8.00. The molecule has 3 heterocycles. The fourth-order valence-corrected chi connectivity index (χ4v) is 5.10. The predicted molar refractivity (Wildman–Crippen MR) is 117 cm³/mol. The summed E-state index contributed by atoms with van der Waals surface area (Å²) in [5.41, 5.74) is 5.92. The van der Waals surface area contributed by atoms with E-state index in [9.17, 15) is 24.3 Å². The number of nitrogens with two attached hydrogens (primary N) is 1. The van der Waals surface area contributed by atoms with Crippen molar-refractivity contribution in [1.82, 2.24) is 9.88 Å². The van der Waals surface area contributed by atoms with Crippen LogP contribution in [0.2, 0.25) is 0 Å². The number of ketones is 1. The standard InChI is InChI=1S/C19H18N4O7S2/c1-2-9-7-31-17-10(16(27)23(17)15(9)18(28)29)4-3-5-12(24)14(22-30-6-13(25)26)11-8-32-19(20)21-11/h2-3,5,8,10,17H,1,4,6-7H2,(H2,20,21)(H,25,26)(H,28,29)/b5-3+,22-14-. The van der Waals surface area contributed by atoms with Gasteiger partial charge in [-0.3, -0.25) is 14.5 Å². The number of carbonyl (C=O) groups excluding carboxylic acids is 2. The lowest BCUT2D eigenvalue weighted by Gasteiger charge is -2.49. The minimum absolute atomic E-state index is 0.0591. The first-order chi connectivity index (χ1) is 15.2. The second kappa shape index (κ2) is 9.78. The summed E-state index contributed by atoms with van der Waals surface area (Å²) in [6.07, 6.45) is 4.31. The van der Waals surface area contributed by atoms with Crippen molar-refractivity contribution in [3.8, 4) is 0 Å². The molecule has 1 fully saturated rings. The van der Waals surface area contributed by atoms with Crippen molar-refractivity contribution in [1.29, 1.82) is 0 Å². The van der Waals surface area contributed by atoms with Crippen molar-refractivity contribution in [2.24, 2.45) is 11.1 Å². The number of oxime groups is 1. The number of aromatic nitrogens is 1. The van der Waals surface area contributed by atoms with Gasteiger partial charge in [0.2, 0.25) is 18.3 Å². The molecule has 1 amide bonds. The Bertz CT molecular complexity index is 1080. The maximum absolute atomic E-state index is 12.6. The molecule has 4 N–H and O–H groups in total. The Kier molecular flexibility index (Phi) is 7.10. The van der Waals surface area contributed by atoms with E-state index in [1.165, 1.54) is 40.3 Å². The summed E-state index contributed by atoms with van der Waals surface area (Å²) in [4.78, 5) is 57.2. The number of carbonyl (C=O) groups is 4. The number of hydrogen-bond donors (Lipinski definition) is 3. The minimum Gasteiger partial charge on any atom is -0.479 e. The molecule has 1 aromatic rings. The summed E-state index contributed by atoms with van der Waals surface area (Å²) < 4.78 is 0. The van der Waals surface area contributed by atoms with Gasteiger partial charge in [0.25, 0.3) is 0 Å². The normalized spacial score (nSPS) is 20.7. The Hall–Kier alpha value is -3.45. The van der Waals surface area contributed by atoms with E-state index in [1.807, 2.05) is 0 Å². The third-order valence-corrected chi connectivity index (χ3v) is 6.59. The van der Waals surface area contributed by atoms with Crippen LogP contribution in [0.5, 0.6) is 0 Å². The van der Waals surface area contributed by atoms with Crippen LogP contribution in [0.15, 0.2) is 46.6 Å². The van der Waals surface area contributed by atoms with Gasteiger partial charge in [0.05, 0.1) is 11.3 Å². The van der Waals surface area contributed by atoms with Crippen LogP contribution in [-0.2, 0) is 24.0 Å². The zero-order chi connectivity index (χ0) is 23.4. The quantitative estimate of drug-likeness (QED) is 0.191. The van der Waals surface area contributed by atoms with Crippen molar-refractivity contribution >= 4 is 57.6 Å². The van der Waals surface area contributed by atoms with Crippen molar-refractivity contribution in [3.63, 3.8) is 0 Å². The summed E-state index contributed by atoms with van der Waals surface area (Å²) in [5.74, 6) is -3.47. The molecule has 13 heteroatoms. The van der Waals surface area contributed by atoms with Crippen molar-refractivity contribution in [2.75, 3.05) is 18.1 Å². The van der Waals surface area contributed by atoms with Crippen LogP contribution < -0.4 is 5.73 Å². The maximum Gasteiger partial charge on any atom is 0.352 e. The second-order valence-electron chi connectivity index (χ2n) is 6.58. The van der Waals surface area contributed by atoms with Crippen LogP contribution in [0, 0.1) is 5.92 Å². The van der Waals surface area contributed by atoms with E-state index in [-0.39, 0.29) is 39.9 Å². The van der Waals surface area contributed by atoms with Gasteiger partial charge in [0, 0.05) is 11.1 Å². The van der Waals surface area contributed by atoms with Crippen molar-refractivity contribution in [3.05, 3.63) is 47.2 Å². The molecule has 168 valence electrons. The molecule has 1 saturated heterocycles. The number of thioether (sulfide) groups is 1. The predicted octanol–water partition coefficient (Wildman–Crippen LogP) is 1.10. The first-order valence-corrected chi connectivity index (χ1v) is 11.0. The van der Waals surface area contributed by atoms with Gasteiger partial charge >= 0.3 is 11.9 Å². The average Bonchev–Trinajstić information content (AvgIpc) is 3.18. The Balaban J connectivity index is 1.69. The van der Waals surface area contributed by atoms with E-state index in [0.29, 0.717) is 11.3 Å². The van der Waals surface area contributed by atoms with Crippen LogP contribution >= 0.6 is 23.1 Å².